The molecule has 0 saturated heterocycles. The second kappa shape index (κ2) is 6.36. The molecule has 2 aromatic rings. The number of ether oxygens (including phenoxy) is 1. The van der Waals surface area contributed by atoms with Crippen LogP contribution >= 0.6 is 15.9 Å². The van der Waals surface area contributed by atoms with Gasteiger partial charge in [-0.3, -0.25) is 4.79 Å². The van der Waals surface area contributed by atoms with Crippen LogP contribution in [0, 0.1) is 0 Å². The molecule has 2 rings (SSSR count). The summed E-state index contributed by atoms with van der Waals surface area (Å²) in [7, 11) is 0. The first kappa shape index (κ1) is 12.8. The van der Waals surface area contributed by atoms with Gasteiger partial charge in [-0.25, -0.2) is 0 Å². The summed E-state index contributed by atoms with van der Waals surface area (Å²) in [6.45, 7) is 0.393. The molecule has 0 aliphatic heterocycles. The number of para-hydroxylation sites is 1. The molecular formula is C15H13BrO2. The number of rotatable bonds is 5. The molecule has 0 bridgehead atoms. The second-order valence-electron chi connectivity index (χ2n) is 3.81. The number of benzene rings is 2. The molecule has 0 unspecified atom stereocenters. The molecule has 0 aliphatic carbocycles. The van der Waals surface area contributed by atoms with E-state index >= 15 is 0 Å². The zero-order chi connectivity index (χ0) is 12.8. The molecule has 0 fully saturated rings. The molecule has 2 aromatic carbocycles. The fraction of sp³-hybridized carbons (Fsp3) is 0.133. The van der Waals surface area contributed by atoms with E-state index in [2.05, 4.69) is 15.9 Å². The maximum absolute atomic E-state index is 11.9. The third kappa shape index (κ3) is 3.44. The summed E-state index contributed by atoms with van der Waals surface area (Å²) in [6.07, 6.45) is 0.373. The zero-order valence-corrected chi connectivity index (χ0v) is 11.4. The van der Waals surface area contributed by atoms with Crippen molar-refractivity contribution in [2.24, 2.45) is 0 Å². The Labute approximate surface area is 115 Å². The lowest BCUT2D eigenvalue weighted by Gasteiger charge is -2.06. The summed E-state index contributed by atoms with van der Waals surface area (Å²) >= 11 is 3.37. The molecule has 0 N–H and O–H groups in total. The summed E-state index contributed by atoms with van der Waals surface area (Å²) in [5.41, 5.74) is 0.703. The third-order valence-corrected chi connectivity index (χ3v) is 3.21. The van der Waals surface area contributed by atoms with E-state index in [1.165, 1.54) is 0 Å². The van der Waals surface area contributed by atoms with Crippen LogP contribution in [0.5, 0.6) is 5.75 Å². The van der Waals surface area contributed by atoms with Gasteiger partial charge in [0.15, 0.2) is 5.78 Å². The summed E-state index contributed by atoms with van der Waals surface area (Å²) < 4.78 is 6.33. The fourth-order valence-electron chi connectivity index (χ4n) is 1.60. The topological polar surface area (TPSA) is 26.3 Å². The molecule has 92 valence electrons. The van der Waals surface area contributed by atoms with Crippen LogP contribution in [0.2, 0.25) is 0 Å². The fourth-order valence-corrected chi connectivity index (χ4v) is 2.11. The van der Waals surface area contributed by atoms with Gasteiger partial charge in [0, 0.05) is 16.5 Å². The van der Waals surface area contributed by atoms with Crippen LogP contribution in [0.25, 0.3) is 0 Å². The Hall–Kier alpha value is -1.61. The van der Waals surface area contributed by atoms with Crippen molar-refractivity contribution >= 4 is 21.7 Å². The molecule has 0 spiro atoms. The van der Waals surface area contributed by atoms with E-state index in [0.717, 1.165) is 10.2 Å². The molecule has 0 aliphatic rings. The van der Waals surface area contributed by atoms with Crippen LogP contribution in [-0.2, 0) is 0 Å². The molecule has 3 heteroatoms. The molecule has 0 atom stereocenters. The average molecular weight is 305 g/mol. The van der Waals surface area contributed by atoms with Crippen molar-refractivity contribution in [3.05, 3.63) is 64.6 Å². The van der Waals surface area contributed by atoms with Gasteiger partial charge in [-0.05, 0) is 18.2 Å². The summed E-state index contributed by atoms with van der Waals surface area (Å²) in [5, 5.41) is 0. The standard InChI is InChI=1S/C15H13BrO2/c16-14-9-5-4-8-13(14)15(17)10-11-18-12-6-2-1-3-7-12/h1-9H,10-11H2. The Balaban J connectivity index is 1.88. The summed E-state index contributed by atoms with van der Waals surface area (Å²) in [5.74, 6) is 0.871. The van der Waals surface area contributed by atoms with E-state index in [1.807, 2.05) is 54.6 Å². The molecular weight excluding hydrogens is 292 g/mol. The highest BCUT2D eigenvalue weighted by Crippen LogP contribution is 2.17. The van der Waals surface area contributed by atoms with Gasteiger partial charge >= 0.3 is 0 Å². The van der Waals surface area contributed by atoms with Crippen molar-refractivity contribution in [1.82, 2.24) is 0 Å². The molecule has 0 amide bonds. The molecule has 18 heavy (non-hydrogen) atoms. The van der Waals surface area contributed by atoms with Crippen molar-refractivity contribution in [3.8, 4) is 5.75 Å². The summed E-state index contributed by atoms with van der Waals surface area (Å²) in [6, 6.07) is 16.9. The lowest BCUT2D eigenvalue weighted by molar-refractivity contribution is 0.0961. The van der Waals surface area contributed by atoms with E-state index < -0.39 is 0 Å². The molecule has 0 heterocycles. The number of Topliss-reactive ketones (excluding diaryl/α,β-unsaturated/α-hetero) is 1. The highest BCUT2D eigenvalue weighted by atomic mass is 79.9. The number of ketones is 1. The number of hydrogen-bond donors (Lipinski definition) is 0. The van der Waals surface area contributed by atoms with Crippen molar-refractivity contribution in [3.63, 3.8) is 0 Å². The Bertz CT molecular complexity index is 523. The lowest BCUT2D eigenvalue weighted by Crippen LogP contribution is -2.07. The minimum absolute atomic E-state index is 0.0819. The highest BCUT2D eigenvalue weighted by Gasteiger charge is 2.09. The molecule has 0 saturated carbocycles. The molecule has 0 aromatic heterocycles. The number of hydrogen-bond acceptors (Lipinski definition) is 2. The zero-order valence-electron chi connectivity index (χ0n) is 9.80. The predicted octanol–water partition coefficient (Wildman–Crippen LogP) is 4.10. The van der Waals surface area contributed by atoms with Crippen LogP contribution in [-0.4, -0.2) is 12.4 Å². The van der Waals surface area contributed by atoms with Gasteiger partial charge in [0.2, 0.25) is 0 Å². The molecule has 2 nitrogen and oxygen atoms in total. The average Bonchev–Trinajstić information content (AvgIpc) is 2.40. The van der Waals surface area contributed by atoms with E-state index in [9.17, 15) is 4.79 Å². The van der Waals surface area contributed by atoms with Gasteiger partial charge in [-0.15, -0.1) is 0 Å². The van der Waals surface area contributed by atoms with E-state index in [1.54, 1.807) is 0 Å². The van der Waals surface area contributed by atoms with Gasteiger partial charge in [0.25, 0.3) is 0 Å². The quantitative estimate of drug-likeness (QED) is 0.777. The maximum atomic E-state index is 11.9. The van der Waals surface area contributed by atoms with Crippen LogP contribution < -0.4 is 4.74 Å². The van der Waals surface area contributed by atoms with Gasteiger partial charge in [0.05, 0.1) is 6.61 Å². The first-order chi connectivity index (χ1) is 8.77. The smallest absolute Gasteiger partial charge is 0.167 e. The number of halogens is 1. The van der Waals surface area contributed by atoms with Gasteiger partial charge in [0.1, 0.15) is 5.75 Å². The highest BCUT2D eigenvalue weighted by molar-refractivity contribution is 9.10. The second-order valence-corrected chi connectivity index (χ2v) is 4.67. The van der Waals surface area contributed by atoms with Crippen LogP contribution in [0.1, 0.15) is 16.8 Å². The minimum Gasteiger partial charge on any atom is -0.493 e. The largest absolute Gasteiger partial charge is 0.493 e. The SMILES string of the molecule is O=C(CCOc1ccccc1)c1ccccc1Br. The van der Waals surface area contributed by atoms with Gasteiger partial charge in [-0.1, -0.05) is 52.3 Å². The van der Waals surface area contributed by atoms with Gasteiger partial charge in [-0.2, -0.15) is 0 Å². The van der Waals surface area contributed by atoms with Crippen LogP contribution in [0.15, 0.2) is 59.1 Å². The van der Waals surface area contributed by atoms with E-state index in [0.29, 0.717) is 18.6 Å². The van der Waals surface area contributed by atoms with Crippen molar-refractivity contribution in [2.75, 3.05) is 6.61 Å². The lowest BCUT2D eigenvalue weighted by atomic mass is 10.1. The van der Waals surface area contributed by atoms with Crippen molar-refractivity contribution in [2.45, 2.75) is 6.42 Å². The minimum atomic E-state index is 0.0819. The normalized spacial score (nSPS) is 10.1. The summed E-state index contributed by atoms with van der Waals surface area (Å²) in [4.78, 5) is 11.9. The van der Waals surface area contributed by atoms with Gasteiger partial charge < -0.3 is 4.74 Å². The van der Waals surface area contributed by atoms with E-state index in [4.69, 9.17) is 4.74 Å². The Morgan fingerprint density at radius 3 is 2.39 bits per heavy atom. The predicted molar refractivity (Wildman–Crippen MR) is 75.0 cm³/mol. The number of carbonyl (C=O) groups excluding carboxylic acids is 1. The number of carbonyl (C=O) groups is 1. The first-order valence-electron chi connectivity index (χ1n) is 5.73. The maximum Gasteiger partial charge on any atom is 0.167 e. The van der Waals surface area contributed by atoms with E-state index in [-0.39, 0.29) is 5.78 Å². The Morgan fingerprint density at radius 1 is 1.00 bits per heavy atom. The first-order valence-corrected chi connectivity index (χ1v) is 6.52. The van der Waals surface area contributed by atoms with Crippen LogP contribution in [0.3, 0.4) is 0 Å². The third-order valence-electron chi connectivity index (χ3n) is 2.52. The van der Waals surface area contributed by atoms with Crippen molar-refractivity contribution in [1.29, 1.82) is 0 Å². The van der Waals surface area contributed by atoms with Crippen molar-refractivity contribution < 1.29 is 9.53 Å². The Kier molecular flexibility index (Phi) is 4.53. The Morgan fingerprint density at radius 2 is 1.67 bits per heavy atom. The molecule has 0 radical (unpaired) electrons. The monoisotopic (exact) mass is 304 g/mol. The van der Waals surface area contributed by atoms with Crippen LogP contribution in [0.4, 0.5) is 0 Å².